The summed E-state index contributed by atoms with van der Waals surface area (Å²) in [5.41, 5.74) is 6.40. The Morgan fingerprint density at radius 2 is 0.932 bits per heavy atom. The molecule has 0 bridgehead atoms. The van der Waals surface area contributed by atoms with Gasteiger partial charge in [-0.2, -0.15) is 0 Å². The summed E-state index contributed by atoms with van der Waals surface area (Å²) in [6, 6.07) is 29.9. The molecule has 8 aromatic rings. The predicted molar refractivity (Wildman–Crippen MR) is 280 cm³/mol. The van der Waals surface area contributed by atoms with Gasteiger partial charge in [-0.1, -0.05) is 48.5 Å². The van der Waals surface area contributed by atoms with Crippen LogP contribution in [-0.2, 0) is 35.5 Å². The van der Waals surface area contributed by atoms with Gasteiger partial charge in [-0.05, 0) is 123 Å². The molecule has 10 rings (SSSR count). The Morgan fingerprint density at radius 3 is 1.28 bits per heavy atom. The highest BCUT2D eigenvalue weighted by atomic mass is 32.1. The van der Waals surface area contributed by atoms with Crippen LogP contribution in [0.5, 0.6) is 0 Å². The monoisotopic (exact) mass is 1040 g/mol. The number of hydrogen-bond acceptors (Lipinski definition) is 12. The molecule has 2 saturated heterocycles. The van der Waals surface area contributed by atoms with Crippen molar-refractivity contribution in [3.63, 3.8) is 0 Å². The number of carbonyl (C=O) groups is 4. The molecule has 0 aliphatic carbocycles. The number of halogens is 2. The lowest BCUT2D eigenvalue weighted by atomic mass is 9.93. The van der Waals surface area contributed by atoms with E-state index in [2.05, 4.69) is 63.8 Å². The quantitative estimate of drug-likeness (QED) is 0.0684. The molecule has 2 aliphatic heterocycles. The Balaban J connectivity index is 0.000000178. The number of amides is 2. The zero-order valence-corrected chi connectivity index (χ0v) is 42.3. The molecular weight excluding hydrogens is 987 g/mol. The van der Waals surface area contributed by atoms with Crippen molar-refractivity contribution in [3.05, 3.63) is 165 Å². The number of aliphatic carboxylic acids is 2. The smallest absolute Gasteiger partial charge is 0.414 e. The second-order valence-corrected chi connectivity index (χ2v) is 20.0. The standard InChI is InChI=1S/2C26H28FN5OS.C2H2O4/c2*27-21-7-5-20(6-8-21)18-32-23-4-2-1-3-22(23)30-24(32)17-19-9-13-31(14-10-19)15-11-28-25(33)26-29-12-16-34-26;3-1(4)2(5)6/h2*1-8,12,16,19H,9-11,13-15,17-18H2,(H,28,33);(H,3,4)(H,5,6). The summed E-state index contributed by atoms with van der Waals surface area (Å²) < 4.78 is 31.3. The maximum atomic E-state index is 13.4. The molecule has 20 heteroatoms. The van der Waals surface area contributed by atoms with Crippen LogP contribution in [0.3, 0.4) is 0 Å². The number of carboxylic acids is 2. The topological polar surface area (TPSA) is 201 Å². The number of hydrogen-bond donors (Lipinski definition) is 4. The molecule has 16 nitrogen and oxygen atoms in total. The number of likely N-dealkylation sites (tertiary alicyclic amines) is 2. The van der Waals surface area contributed by atoms with E-state index in [0.717, 1.165) is 123 Å². The van der Waals surface area contributed by atoms with Crippen LogP contribution < -0.4 is 10.6 Å². The number of aromatic nitrogens is 6. The van der Waals surface area contributed by atoms with Crippen molar-refractivity contribution >= 4 is 68.5 Å². The van der Waals surface area contributed by atoms with Gasteiger partial charge in [0.15, 0.2) is 10.0 Å². The van der Waals surface area contributed by atoms with Gasteiger partial charge in [-0.3, -0.25) is 9.59 Å². The Kier molecular flexibility index (Phi) is 18.7. The molecule has 4 aromatic heterocycles. The van der Waals surface area contributed by atoms with Gasteiger partial charge in [-0.25, -0.2) is 38.3 Å². The van der Waals surface area contributed by atoms with E-state index in [9.17, 15) is 18.4 Å². The average Bonchev–Trinajstić information content (AvgIpc) is 4.26. The van der Waals surface area contributed by atoms with Crippen molar-refractivity contribution in [1.82, 2.24) is 49.5 Å². The van der Waals surface area contributed by atoms with Gasteiger partial charge < -0.3 is 39.8 Å². The molecule has 0 spiro atoms. The Labute approximate surface area is 434 Å². The van der Waals surface area contributed by atoms with Crippen molar-refractivity contribution in [2.45, 2.75) is 51.6 Å². The van der Waals surface area contributed by atoms with Crippen molar-refractivity contribution in [2.24, 2.45) is 11.8 Å². The number of fused-ring (bicyclic) bond motifs is 2. The number of nitrogens with one attached hydrogen (secondary N) is 2. The van der Waals surface area contributed by atoms with Crippen molar-refractivity contribution in [1.29, 1.82) is 0 Å². The third-order valence-electron chi connectivity index (χ3n) is 13.2. The number of carbonyl (C=O) groups excluding carboxylic acids is 2. The van der Waals surface area contributed by atoms with E-state index in [1.165, 1.54) is 46.9 Å². The summed E-state index contributed by atoms with van der Waals surface area (Å²) in [5.74, 6) is -0.919. The first-order valence-corrected chi connectivity index (χ1v) is 26.3. The highest BCUT2D eigenvalue weighted by molar-refractivity contribution is 7.11. The van der Waals surface area contributed by atoms with E-state index in [1.54, 1.807) is 12.4 Å². The maximum absolute atomic E-state index is 13.4. The zero-order chi connectivity index (χ0) is 51.8. The van der Waals surface area contributed by atoms with Crippen LogP contribution in [0.1, 0.15) is 68.1 Å². The number of rotatable bonds is 16. The number of imidazole rings is 2. The molecule has 4 N–H and O–H groups in total. The molecule has 4 aromatic carbocycles. The van der Waals surface area contributed by atoms with E-state index >= 15 is 0 Å². The minimum atomic E-state index is -1.82. The third kappa shape index (κ3) is 14.9. The SMILES string of the molecule is O=C(NCCN1CCC(Cc2nc3ccccc3n2Cc2ccc(F)cc2)CC1)c1nccs1.O=C(NCCN1CCC(Cc2nc3ccccc3n2Cc2ccc(F)cc2)CC1)c1nccs1.O=C(O)C(=O)O. The fourth-order valence-electron chi connectivity index (χ4n) is 9.28. The highest BCUT2D eigenvalue weighted by Crippen LogP contribution is 2.27. The minimum absolute atomic E-state index is 0.0926. The molecule has 6 heterocycles. The van der Waals surface area contributed by atoms with Crippen LogP contribution >= 0.6 is 22.7 Å². The third-order valence-corrected chi connectivity index (χ3v) is 14.7. The molecule has 0 saturated carbocycles. The first-order chi connectivity index (χ1) is 35.9. The zero-order valence-electron chi connectivity index (χ0n) is 40.7. The highest BCUT2D eigenvalue weighted by Gasteiger charge is 2.24. The van der Waals surface area contributed by atoms with E-state index in [-0.39, 0.29) is 23.4 Å². The molecule has 0 unspecified atom stereocenters. The van der Waals surface area contributed by atoms with Crippen LogP contribution in [0.2, 0.25) is 0 Å². The van der Waals surface area contributed by atoms with Gasteiger partial charge >= 0.3 is 11.9 Å². The molecular formula is C54H58F2N10O6S2. The van der Waals surface area contributed by atoms with E-state index in [0.29, 0.717) is 48.0 Å². The van der Waals surface area contributed by atoms with Gasteiger partial charge in [0.1, 0.15) is 23.3 Å². The maximum Gasteiger partial charge on any atom is 0.414 e. The second kappa shape index (κ2) is 26.1. The summed E-state index contributed by atoms with van der Waals surface area (Å²) in [4.78, 5) is 65.1. The predicted octanol–water partition coefficient (Wildman–Crippen LogP) is 7.89. The summed E-state index contributed by atoms with van der Waals surface area (Å²) in [6.07, 6.45) is 9.62. The lowest BCUT2D eigenvalue weighted by Crippen LogP contribution is -2.40. The van der Waals surface area contributed by atoms with E-state index < -0.39 is 11.9 Å². The summed E-state index contributed by atoms with van der Waals surface area (Å²) >= 11 is 2.72. The first-order valence-electron chi connectivity index (χ1n) is 24.6. The Morgan fingerprint density at radius 1 is 0.554 bits per heavy atom. The number of carboxylic acid groups (broad SMARTS) is 2. The second-order valence-electron chi connectivity index (χ2n) is 18.2. The van der Waals surface area contributed by atoms with Crippen LogP contribution in [0.4, 0.5) is 8.78 Å². The Bertz CT molecular complexity index is 2870. The molecule has 74 heavy (non-hydrogen) atoms. The lowest BCUT2D eigenvalue weighted by molar-refractivity contribution is -0.159. The fourth-order valence-corrected chi connectivity index (χ4v) is 10.4. The van der Waals surface area contributed by atoms with Crippen LogP contribution in [0.25, 0.3) is 22.1 Å². The summed E-state index contributed by atoms with van der Waals surface area (Å²) in [5, 5.41) is 25.4. The number of nitrogens with zero attached hydrogens (tertiary/aromatic N) is 8. The largest absolute Gasteiger partial charge is 0.473 e. The lowest BCUT2D eigenvalue weighted by Gasteiger charge is -2.31. The number of para-hydroxylation sites is 4. The minimum Gasteiger partial charge on any atom is -0.473 e. The number of piperidine rings is 2. The van der Waals surface area contributed by atoms with Crippen molar-refractivity contribution < 1.29 is 38.2 Å². The fraction of sp³-hybridized carbons (Fsp3) is 0.333. The van der Waals surface area contributed by atoms with Crippen LogP contribution in [-0.4, -0.2) is 125 Å². The van der Waals surface area contributed by atoms with Gasteiger partial charge in [0.05, 0.1) is 22.1 Å². The first kappa shape index (κ1) is 53.0. The summed E-state index contributed by atoms with van der Waals surface area (Å²) in [7, 11) is 0. The number of thiazole rings is 2. The normalized spacial score (nSPS) is 14.5. The van der Waals surface area contributed by atoms with Gasteiger partial charge in [0.2, 0.25) is 0 Å². The molecule has 2 amide bonds. The van der Waals surface area contributed by atoms with Gasteiger partial charge in [0, 0.05) is 75.3 Å². The van der Waals surface area contributed by atoms with Gasteiger partial charge in [0.25, 0.3) is 11.8 Å². The number of benzene rings is 4. The van der Waals surface area contributed by atoms with Crippen LogP contribution in [0.15, 0.2) is 120 Å². The van der Waals surface area contributed by atoms with Crippen molar-refractivity contribution in [2.75, 3.05) is 52.4 Å². The van der Waals surface area contributed by atoms with E-state index in [4.69, 9.17) is 29.8 Å². The van der Waals surface area contributed by atoms with Crippen LogP contribution in [0, 0.1) is 23.5 Å². The Hall–Kier alpha value is -7.26. The molecule has 0 radical (unpaired) electrons. The van der Waals surface area contributed by atoms with Gasteiger partial charge in [-0.15, -0.1) is 22.7 Å². The average molecular weight is 1050 g/mol. The molecule has 386 valence electrons. The molecule has 2 aliphatic rings. The summed E-state index contributed by atoms with van der Waals surface area (Å²) in [6.45, 7) is 8.45. The molecule has 0 atom stereocenters. The van der Waals surface area contributed by atoms with E-state index in [1.807, 2.05) is 59.3 Å². The molecule has 2 fully saturated rings. The van der Waals surface area contributed by atoms with Crippen molar-refractivity contribution in [3.8, 4) is 0 Å².